The van der Waals surface area contributed by atoms with Crippen LogP contribution in [0.15, 0.2) is 0 Å². The molecule has 1 amide bonds. The molecule has 1 rings (SSSR count). The predicted octanol–water partition coefficient (Wildman–Crippen LogP) is 2.04. The highest BCUT2D eigenvalue weighted by atomic mass is 35.5. The molecular weight excluding hydrogens is 265 g/mol. The Hall–Kier alpha value is -0.0300. The Balaban J connectivity index is 2.52. The molecule has 0 atom stereocenters. The second-order valence-corrected chi connectivity index (χ2v) is 5.68. The molecule has 0 aromatic rings. The second kappa shape index (κ2) is 6.78. The number of amides is 1. The maximum absolute atomic E-state index is 11.8. The number of carbonyl (C=O) groups is 1. The molecule has 0 bridgehead atoms. The third kappa shape index (κ3) is 4.62. The molecule has 17 heavy (non-hydrogen) atoms. The third-order valence-electron chi connectivity index (χ3n) is 2.57. The molecule has 0 spiro atoms. The van der Waals surface area contributed by atoms with E-state index in [9.17, 15) is 4.79 Å². The Kier molecular flexibility index (Phi) is 6.00. The zero-order valence-electron chi connectivity index (χ0n) is 10.4. The van der Waals surface area contributed by atoms with Gasteiger partial charge in [-0.15, -0.1) is 0 Å². The predicted molar refractivity (Wildman–Crippen MR) is 67.2 cm³/mol. The van der Waals surface area contributed by atoms with E-state index in [2.05, 4.69) is 6.92 Å². The van der Waals surface area contributed by atoms with Crippen LogP contribution < -0.4 is 0 Å². The zero-order valence-corrected chi connectivity index (χ0v) is 11.9. The number of alkyl halides is 2. The van der Waals surface area contributed by atoms with Crippen LogP contribution in [0, 0.1) is 5.92 Å². The number of rotatable bonds is 4. The Labute approximate surface area is 112 Å². The molecule has 0 N–H and O–H groups in total. The van der Waals surface area contributed by atoms with E-state index in [1.54, 1.807) is 4.90 Å². The minimum absolute atomic E-state index is 0.00838. The van der Waals surface area contributed by atoms with Gasteiger partial charge in [-0.1, -0.05) is 30.1 Å². The van der Waals surface area contributed by atoms with Crippen LogP contribution in [-0.4, -0.2) is 47.7 Å². The van der Waals surface area contributed by atoms with Gasteiger partial charge in [-0.05, 0) is 13.8 Å². The average molecular weight is 284 g/mol. The molecule has 0 saturated carbocycles. The molecule has 1 aliphatic rings. The first kappa shape index (κ1) is 15.0. The number of ether oxygens (including phenoxy) is 2. The van der Waals surface area contributed by atoms with Gasteiger partial charge in [0, 0.05) is 12.0 Å². The Morgan fingerprint density at radius 3 is 2.29 bits per heavy atom. The van der Waals surface area contributed by atoms with Crippen molar-refractivity contribution in [3.05, 3.63) is 0 Å². The summed E-state index contributed by atoms with van der Waals surface area (Å²) in [5, 5.41) is 0. The fourth-order valence-electron chi connectivity index (χ4n) is 1.59. The molecule has 0 aliphatic carbocycles. The summed E-state index contributed by atoms with van der Waals surface area (Å²) in [6.07, 6.45) is -0.385. The summed E-state index contributed by atoms with van der Waals surface area (Å²) in [4.78, 5) is 12.3. The lowest BCUT2D eigenvalue weighted by Crippen LogP contribution is -2.47. The lowest BCUT2D eigenvalue weighted by atomic mass is 10.2. The summed E-state index contributed by atoms with van der Waals surface area (Å²) in [5.74, 6) is 0.0809. The largest absolute Gasteiger partial charge is 0.350 e. The SMILES string of the molecule is CC1COC(CN(C(=O)C(Cl)Cl)C(C)C)OC1. The van der Waals surface area contributed by atoms with Gasteiger partial charge in [-0.3, -0.25) is 4.79 Å². The van der Waals surface area contributed by atoms with Crippen molar-refractivity contribution in [1.82, 2.24) is 4.90 Å². The van der Waals surface area contributed by atoms with Crippen LogP contribution in [0.25, 0.3) is 0 Å². The van der Waals surface area contributed by atoms with Gasteiger partial charge in [0.25, 0.3) is 5.91 Å². The van der Waals surface area contributed by atoms with Crippen LogP contribution in [0.2, 0.25) is 0 Å². The molecule has 0 aromatic carbocycles. The van der Waals surface area contributed by atoms with Gasteiger partial charge >= 0.3 is 0 Å². The summed E-state index contributed by atoms with van der Waals surface area (Å²) >= 11 is 11.2. The molecule has 1 heterocycles. The van der Waals surface area contributed by atoms with Crippen molar-refractivity contribution >= 4 is 29.1 Å². The topological polar surface area (TPSA) is 38.8 Å². The molecular formula is C11H19Cl2NO3. The van der Waals surface area contributed by atoms with Crippen LogP contribution in [0.3, 0.4) is 0 Å². The normalized spacial score (nSPS) is 25.4. The highest BCUT2D eigenvalue weighted by Crippen LogP contribution is 2.15. The molecule has 0 unspecified atom stereocenters. The molecule has 1 saturated heterocycles. The van der Waals surface area contributed by atoms with Crippen LogP contribution in [0.1, 0.15) is 20.8 Å². The maximum Gasteiger partial charge on any atom is 0.256 e. The number of hydrogen-bond acceptors (Lipinski definition) is 3. The lowest BCUT2D eigenvalue weighted by molar-refractivity contribution is -0.206. The summed E-state index contributed by atoms with van der Waals surface area (Å²) in [7, 11) is 0. The van der Waals surface area contributed by atoms with Crippen molar-refractivity contribution in [2.24, 2.45) is 5.92 Å². The fraction of sp³-hybridized carbons (Fsp3) is 0.909. The van der Waals surface area contributed by atoms with Gasteiger partial charge in [-0.2, -0.15) is 0 Å². The number of hydrogen-bond donors (Lipinski definition) is 0. The van der Waals surface area contributed by atoms with Crippen molar-refractivity contribution in [2.75, 3.05) is 19.8 Å². The molecule has 4 nitrogen and oxygen atoms in total. The molecule has 1 fully saturated rings. The van der Waals surface area contributed by atoms with Crippen LogP contribution in [-0.2, 0) is 14.3 Å². The van der Waals surface area contributed by atoms with Crippen molar-refractivity contribution in [3.8, 4) is 0 Å². The molecule has 6 heteroatoms. The van der Waals surface area contributed by atoms with Crippen LogP contribution in [0.4, 0.5) is 0 Å². The van der Waals surface area contributed by atoms with Crippen molar-refractivity contribution in [3.63, 3.8) is 0 Å². The first-order chi connectivity index (χ1) is 7.91. The van der Waals surface area contributed by atoms with Crippen molar-refractivity contribution in [2.45, 2.75) is 37.9 Å². The summed E-state index contributed by atoms with van der Waals surface area (Å²) in [6.45, 7) is 7.51. The highest BCUT2D eigenvalue weighted by molar-refractivity contribution is 6.53. The van der Waals surface area contributed by atoms with E-state index in [-0.39, 0.29) is 18.2 Å². The van der Waals surface area contributed by atoms with Gasteiger partial charge in [0.1, 0.15) is 0 Å². The van der Waals surface area contributed by atoms with Gasteiger partial charge in [0.05, 0.1) is 19.8 Å². The smallest absolute Gasteiger partial charge is 0.256 e. The standard InChI is InChI=1S/C11H19Cl2NO3/c1-7(2)14(11(15)10(12)13)4-9-16-5-8(3)6-17-9/h7-10H,4-6H2,1-3H3. The molecule has 100 valence electrons. The van der Waals surface area contributed by atoms with Crippen molar-refractivity contribution in [1.29, 1.82) is 0 Å². The Bertz CT molecular complexity index is 253. The van der Waals surface area contributed by atoms with E-state index in [1.165, 1.54) is 0 Å². The van der Waals surface area contributed by atoms with E-state index in [0.29, 0.717) is 25.7 Å². The third-order valence-corrected chi connectivity index (χ3v) is 2.95. The zero-order chi connectivity index (χ0) is 13.0. The lowest BCUT2D eigenvalue weighted by Gasteiger charge is -2.34. The first-order valence-corrected chi connectivity index (χ1v) is 6.61. The fourth-order valence-corrected chi connectivity index (χ4v) is 1.84. The number of nitrogens with zero attached hydrogens (tertiary/aromatic N) is 1. The van der Waals surface area contributed by atoms with Gasteiger partial charge in [0.2, 0.25) is 0 Å². The molecule has 0 aromatic heterocycles. The summed E-state index contributed by atoms with van der Waals surface area (Å²) < 4.78 is 11.0. The second-order valence-electron chi connectivity index (χ2n) is 4.59. The summed E-state index contributed by atoms with van der Waals surface area (Å²) in [5.41, 5.74) is 0. The number of halogens is 2. The Morgan fingerprint density at radius 1 is 1.35 bits per heavy atom. The van der Waals surface area contributed by atoms with Crippen molar-refractivity contribution < 1.29 is 14.3 Å². The summed E-state index contributed by atoms with van der Waals surface area (Å²) in [6, 6.07) is 0.00838. The highest BCUT2D eigenvalue weighted by Gasteiger charge is 2.28. The maximum atomic E-state index is 11.8. The quantitative estimate of drug-likeness (QED) is 0.741. The monoisotopic (exact) mass is 283 g/mol. The first-order valence-electron chi connectivity index (χ1n) is 5.73. The van der Waals surface area contributed by atoms with Gasteiger partial charge < -0.3 is 14.4 Å². The molecule has 0 radical (unpaired) electrons. The van der Waals surface area contributed by atoms with Crippen LogP contribution >= 0.6 is 23.2 Å². The van der Waals surface area contributed by atoms with Crippen LogP contribution in [0.5, 0.6) is 0 Å². The minimum atomic E-state index is -1.04. The Morgan fingerprint density at radius 2 is 1.88 bits per heavy atom. The van der Waals surface area contributed by atoms with Gasteiger partial charge in [-0.25, -0.2) is 0 Å². The minimum Gasteiger partial charge on any atom is -0.350 e. The van der Waals surface area contributed by atoms with E-state index in [4.69, 9.17) is 32.7 Å². The van der Waals surface area contributed by atoms with E-state index >= 15 is 0 Å². The van der Waals surface area contributed by atoms with E-state index in [1.807, 2.05) is 13.8 Å². The van der Waals surface area contributed by atoms with E-state index in [0.717, 1.165) is 0 Å². The molecule has 1 aliphatic heterocycles. The number of carbonyl (C=O) groups excluding carboxylic acids is 1. The van der Waals surface area contributed by atoms with E-state index < -0.39 is 4.84 Å². The van der Waals surface area contributed by atoms with Gasteiger partial charge in [0.15, 0.2) is 11.1 Å². The average Bonchev–Trinajstić information content (AvgIpc) is 2.26.